The molecule has 0 fully saturated rings. The van der Waals surface area contributed by atoms with Crippen LogP contribution in [0.2, 0.25) is 0 Å². The third-order valence-electron chi connectivity index (χ3n) is 4.17. The van der Waals surface area contributed by atoms with Crippen molar-refractivity contribution in [3.8, 4) is 0 Å². The number of allylic oxidation sites excluding steroid dienone is 5. The number of ketones is 1. The molecule has 0 aromatic rings. The van der Waals surface area contributed by atoms with Gasteiger partial charge in [0.2, 0.25) is 17.4 Å². The molecule has 2 amide bonds. The van der Waals surface area contributed by atoms with Gasteiger partial charge in [0.05, 0.1) is 11.4 Å². The molecule has 0 spiro atoms. The molecule has 2 aliphatic carbocycles. The zero-order valence-corrected chi connectivity index (χ0v) is 14.9. The topological polar surface area (TPSA) is 113 Å². The molecule has 3 aliphatic rings. The number of rotatable bonds is 3. The van der Waals surface area contributed by atoms with Crippen LogP contribution in [0.1, 0.15) is 26.2 Å². The summed E-state index contributed by atoms with van der Waals surface area (Å²) in [5, 5.41) is 8.78. The third-order valence-corrected chi connectivity index (χ3v) is 4.17. The first-order valence-electron chi connectivity index (χ1n) is 8.30. The molecule has 0 saturated heterocycles. The first-order chi connectivity index (χ1) is 12.8. The quantitative estimate of drug-likeness (QED) is 0.799. The summed E-state index contributed by atoms with van der Waals surface area (Å²) in [6.07, 6.45) is 5.40. The molecule has 9 nitrogen and oxygen atoms in total. The lowest BCUT2D eigenvalue weighted by molar-refractivity contribution is -0.137. The van der Waals surface area contributed by atoms with Gasteiger partial charge in [0.1, 0.15) is 12.3 Å². The number of carboxylic acids is 1. The van der Waals surface area contributed by atoms with E-state index in [2.05, 4.69) is 0 Å². The van der Waals surface area contributed by atoms with Gasteiger partial charge in [-0.3, -0.25) is 24.2 Å². The van der Waals surface area contributed by atoms with E-state index < -0.39 is 24.4 Å². The molecule has 3 rings (SSSR count). The summed E-state index contributed by atoms with van der Waals surface area (Å²) in [5.41, 5.74) is 0.919. The Hall–Kier alpha value is -3.36. The summed E-state index contributed by atoms with van der Waals surface area (Å²) in [6, 6.07) is 0. The molecule has 0 atom stereocenters. The first-order valence-corrected chi connectivity index (χ1v) is 8.30. The average Bonchev–Trinajstić information content (AvgIpc) is 2.61. The van der Waals surface area contributed by atoms with E-state index >= 15 is 0 Å². The van der Waals surface area contributed by atoms with Crippen LogP contribution in [0.4, 0.5) is 4.79 Å². The van der Waals surface area contributed by atoms with E-state index in [9.17, 15) is 19.2 Å². The Morgan fingerprint density at radius 1 is 1.37 bits per heavy atom. The number of hydrogen-bond acceptors (Lipinski definition) is 6. The molecular weight excluding hydrogens is 356 g/mol. The van der Waals surface area contributed by atoms with Crippen LogP contribution in [-0.4, -0.2) is 52.3 Å². The molecule has 0 radical (unpaired) electrons. The minimum absolute atomic E-state index is 0.00687. The zero-order valence-electron chi connectivity index (χ0n) is 14.9. The lowest BCUT2D eigenvalue weighted by Crippen LogP contribution is -2.38. The van der Waals surface area contributed by atoms with E-state index in [4.69, 9.17) is 14.6 Å². The molecule has 9 heteroatoms. The van der Waals surface area contributed by atoms with Crippen molar-refractivity contribution in [2.24, 2.45) is 0 Å². The summed E-state index contributed by atoms with van der Waals surface area (Å²) in [7, 11) is 1.24. The smallest absolute Gasteiger partial charge is 0.415 e. The van der Waals surface area contributed by atoms with Gasteiger partial charge in [-0.05, 0) is 18.6 Å². The molecule has 0 unspecified atom stereocenters. The Labute approximate surface area is 154 Å². The minimum Gasteiger partial charge on any atom is -0.480 e. The average molecular weight is 374 g/mol. The lowest BCUT2D eigenvalue weighted by Gasteiger charge is -2.36. The summed E-state index contributed by atoms with van der Waals surface area (Å²) in [4.78, 5) is 49.7. The number of aliphatic carboxylic acids is 1. The molecule has 0 bridgehead atoms. The number of carboxylic acid groups (broad SMARTS) is 1. The van der Waals surface area contributed by atoms with E-state index in [1.807, 2.05) is 6.08 Å². The summed E-state index contributed by atoms with van der Waals surface area (Å²) in [5.74, 6) is -1.83. The number of amides is 2. The number of fused-ring (bicyclic) bond motifs is 1. The number of carbonyl (C=O) groups is 4. The van der Waals surface area contributed by atoms with Crippen LogP contribution in [0.15, 0.2) is 46.9 Å². The van der Waals surface area contributed by atoms with Gasteiger partial charge in [-0.1, -0.05) is 6.08 Å². The predicted octanol–water partition coefficient (Wildman–Crippen LogP) is 1.65. The second-order valence-corrected chi connectivity index (χ2v) is 6.20. The van der Waals surface area contributed by atoms with Crippen molar-refractivity contribution in [2.45, 2.75) is 26.2 Å². The van der Waals surface area contributed by atoms with Crippen molar-refractivity contribution in [2.75, 3.05) is 13.6 Å². The van der Waals surface area contributed by atoms with Gasteiger partial charge < -0.3 is 14.6 Å². The van der Waals surface area contributed by atoms with Crippen molar-refractivity contribution in [3.63, 3.8) is 0 Å². The maximum absolute atomic E-state index is 12.3. The Morgan fingerprint density at radius 2 is 2.11 bits per heavy atom. The standard InChI is InChI=1S/C18H18N2O7/c1-10(21)20-11-5-3-4-6-14(11)26-16-12(20)7-8-13(22)17(16)27-18(25)19(2)9-15(23)24/h3,5,7H,4,6,8-9H2,1-2H3,(H,23,24). The third kappa shape index (κ3) is 3.48. The predicted molar refractivity (Wildman–Crippen MR) is 90.5 cm³/mol. The van der Waals surface area contributed by atoms with E-state index in [1.54, 1.807) is 12.2 Å². The van der Waals surface area contributed by atoms with Crippen LogP contribution in [0, 0.1) is 0 Å². The molecule has 0 saturated carbocycles. The van der Waals surface area contributed by atoms with Gasteiger partial charge in [0.15, 0.2) is 5.76 Å². The number of ether oxygens (including phenoxy) is 2. The van der Waals surface area contributed by atoms with Crippen LogP contribution in [0.3, 0.4) is 0 Å². The molecule has 0 aromatic heterocycles. The minimum atomic E-state index is -1.22. The van der Waals surface area contributed by atoms with E-state index in [-0.39, 0.29) is 23.8 Å². The number of likely N-dealkylation sites (N-methyl/N-ethyl adjacent to an activating group) is 1. The van der Waals surface area contributed by atoms with Gasteiger partial charge in [-0.15, -0.1) is 0 Å². The fourth-order valence-electron chi connectivity index (χ4n) is 2.97. The fourth-order valence-corrected chi connectivity index (χ4v) is 2.97. The van der Waals surface area contributed by atoms with Crippen molar-refractivity contribution in [3.05, 3.63) is 46.9 Å². The first kappa shape index (κ1) is 18.4. The van der Waals surface area contributed by atoms with Crippen LogP contribution in [-0.2, 0) is 23.9 Å². The molecule has 0 aromatic carbocycles. The molecular formula is C18H18N2O7. The lowest BCUT2D eigenvalue weighted by atomic mass is 10.0. The maximum atomic E-state index is 12.3. The zero-order chi connectivity index (χ0) is 19.7. The molecule has 142 valence electrons. The molecule has 1 aliphatic heterocycles. The molecule has 1 heterocycles. The highest BCUT2D eigenvalue weighted by molar-refractivity contribution is 5.99. The van der Waals surface area contributed by atoms with E-state index in [0.717, 1.165) is 4.90 Å². The van der Waals surface area contributed by atoms with Gasteiger partial charge in [0.25, 0.3) is 0 Å². The SMILES string of the molecule is CC(=O)N1C2=CCC(=O)C(OC(=O)N(C)CC(=O)O)=C2OC2=C1C=CCC2. The largest absolute Gasteiger partial charge is 0.480 e. The normalized spacial score (nSPS) is 18.4. The Morgan fingerprint density at radius 3 is 2.78 bits per heavy atom. The van der Waals surface area contributed by atoms with Crippen LogP contribution < -0.4 is 0 Å². The molecule has 27 heavy (non-hydrogen) atoms. The fraction of sp³-hybridized carbons (Fsp3) is 0.333. The van der Waals surface area contributed by atoms with Crippen molar-refractivity contribution in [1.29, 1.82) is 0 Å². The number of hydrogen-bond donors (Lipinski definition) is 1. The van der Waals surface area contributed by atoms with E-state index in [0.29, 0.717) is 30.0 Å². The number of carbonyl (C=O) groups excluding carboxylic acids is 3. The van der Waals surface area contributed by atoms with Crippen molar-refractivity contribution in [1.82, 2.24) is 9.80 Å². The van der Waals surface area contributed by atoms with E-state index in [1.165, 1.54) is 18.9 Å². The van der Waals surface area contributed by atoms with Gasteiger partial charge in [-0.25, -0.2) is 4.79 Å². The van der Waals surface area contributed by atoms with Crippen LogP contribution in [0.25, 0.3) is 0 Å². The van der Waals surface area contributed by atoms with Gasteiger partial charge in [0, 0.05) is 26.8 Å². The van der Waals surface area contributed by atoms with Crippen molar-refractivity contribution < 1.29 is 33.8 Å². The highest BCUT2D eigenvalue weighted by Crippen LogP contribution is 2.40. The van der Waals surface area contributed by atoms with Crippen LogP contribution in [0.5, 0.6) is 0 Å². The van der Waals surface area contributed by atoms with Gasteiger partial charge >= 0.3 is 12.1 Å². The molecule has 1 N–H and O–H groups in total. The highest BCUT2D eigenvalue weighted by Gasteiger charge is 2.39. The van der Waals surface area contributed by atoms with Crippen molar-refractivity contribution >= 4 is 23.8 Å². The Bertz CT molecular complexity index is 863. The summed E-state index contributed by atoms with van der Waals surface area (Å²) < 4.78 is 11.0. The second-order valence-electron chi connectivity index (χ2n) is 6.20. The summed E-state index contributed by atoms with van der Waals surface area (Å²) in [6.45, 7) is 0.804. The summed E-state index contributed by atoms with van der Waals surface area (Å²) >= 11 is 0. The monoisotopic (exact) mass is 374 g/mol. The van der Waals surface area contributed by atoms with Crippen LogP contribution >= 0.6 is 0 Å². The van der Waals surface area contributed by atoms with Gasteiger partial charge in [-0.2, -0.15) is 0 Å². The second kappa shape index (κ2) is 7.10. The highest BCUT2D eigenvalue weighted by atomic mass is 16.6. The Balaban J connectivity index is 2.00. The maximum Gasteiger partial charge on any atom is 0.415 e. The number of nitrogens with zero attached hydrogens (tertiary/aromatic N) is 2. The Kier molecular flexibility index (Phi) is 4.85. The number of Topliss-reactive ketones (excluding diaryl/α,β-unsaturated/α-hetero) is 1.